The molecule has 2 rings (SSSR count). The van der Waals surface area contributed by atoms with Crippen LogP contribution in [0, 0.1) is 0 Å². The molecule has 1 saturated heterocycles. The second-order valence-corrected chi connectivity index (χ2v) is 4.56. The Balaban J connectivity index is 2.03. The topological polar surface area (TPSA) is 45.4 Å². The minimum Gasteiger partial charge on any atom is -0.369 e. The van der Waals surface area contributed by atoms with Crippen molar-refractivity contribution in [1.82, 2.24) is 9.88 Å². The molecule has 0 spiro atoms. The van der Waals surface area contributed by atoms with Crippen LogP contribution in [0.25, 0.3) is 0 Å². The average Bonchev–Trinajstić information content (AvgIpc) is 2.78. The first-order chi connectivity index (χ1) is 7.70. The lowest BCUT2D eigenvalue weighted by molar-refractivity contribution is 0.315. The molecule has 1 aromatic rings. The Hall–Kier alpha value is -1.13. The van der Waals surface area contributed by atoms with E-state index in [1.54, 1.807) is 0 Å². The number of hydrogen-bond acceptors (Lipinski definition) is 4. The van der Waals surface area contributed by atoms with Crippen molar-refractivity contribution >= 4 is 5.69 Å². The van der Waals surface area contributed by atoms with Crippen LogP contribution in [0.1, 0.15) is 12.1 Å². The van der Waals surface area contributed by atoms with E-state index in [1.165, 1.54) is 12.1 Å². The molecule has 2 N–H and O–H groups in total. The largest absolute Gasteiger partial charge is 0.369 e. The molecule has 4 nitrogen and oxygen atoms in total. The number of aromatic nitrogens is 1. The van der Waals surface area contributed by atoms with Crippen LogP contribution in [0.15, 0.2) is 18.3 Å². The highest BCUT2D eigenvalue weighted by Crippen LogP contribution is 2.21. The summed E-state index contributed by atoms with van der Waals surface area (Å²) in [5.41, 5.74) is 7.69. The number of nitrogens with zero attached hydrogens (tertiary/aromatic N) is 3. The van der Waals surface area contributed by atoms with Crippen molar-refractivity contribution in [2.75, 3.05) is 32.1 Å². The summed E-state index contributed by atoms with van der Waals surface area (Å²) >= 11 is 0. The first-order valence-electron chi connectivity index (χ1n) is 5.77. The van der Waals surface area contributed by atoms with Gasteiger partial charge in [0.1, 0.15) is 0 Å². The van der Waals surface area contributed by atoms with E-state index in [2.05, 4.69) is 34.9 Å². The average molecular weight is 220 g/mol. The lowest BCUT2D eigenvalue weighted by Gasteiger charge is -2.21. The Labute approximate surface area is 97.1 Å². The number of anilines is 1. The van der Waals surface area contributed by atoms with Crippen molar-refractivity contribution in [3.63, 3.8) is 0 Å². The van der Waals surface area contributed by atoms with Gasteiger partial charge in [0, 0.05) is 25.7 Å². The van der Waals surface area contributed by atoms with Crippen molar-refractivity contribution in [1.29, 1.82) is 0 Å². The van der Waals surface area contributed by atoms with Crippen LogP contribution in [-0.2, 0) is 6.54 Å². The van der Waals surface area contributed by atoms with Crippen molar-refractivity contribution in [3.05, 3.63) is 24.0 Å². The summed E-state index contributed by atoms with van der Waals surface area (Å²) in [4.78, 5) is 9.01. The fraction of sp³-hybridized carbons (Fsp3) is 0.583. The maximum Gasteiger partial charge on any atom is 0.0553 e. The molecule has 0 aromatic carbocycles. The van der Waals surface area contributed by atoms with E-state index in [0.29, 0.717) is 12.6 Å². The molecule has 88 valence electrons. The molecule has 1 aliphatic heterocycles. The minimum absolute atomic E-state index is 0.514. The van der Waals surface area contributed by atoms with E-state index in [0.717, 1.165) is 18.8 Å². The molecule has 2 heterocycles. The van der Waals surface area contributed by atoms with Crippen LogP contribution < -0.4 is 10.6 Å². The standard InChI is InChI=1S/C12H20N4/c1-15(2)12-5-6-16(9-12)11-4-3-10(7-13)14-8-11/h3-4,8,12H,5-7,9,13H2,1-2H3. The molecule has 0 bridgehead atoms. The second kappa shape index (κ2) is 4.80. The van der Waals surface area contributed by atoms with E-state index < -0.39 is 0 Å². The molecular formula is C12H20N4. The third kappa shape index (κ3) is 2.33. The highest BCUT2D eigenvalue weighted by atomic mass is 15.2. The van der Waals surface area contributed by atoms with Gasteiger partial charge in [0.25, 0.3) is 0 Å². The van der Waals surface area contributed by atoms with Gasteiger partial charge < -0.3 is 15.5 Å². The van der Waals surface area contributed by atoms with E-state index in [4.69, 9.17) is 5.73 Å². The van der Waals surface area contributed by atoms with E-state index in [1.807, 2.05) is 12.3 Å². The Morgan fingerprint density at radius 2 is 2.31 bits per heavy atom. The van der Waals surface area contributed by atoms with Gasteiger partial charge in [0.05, 0.1) is 17.6 Å². The fourth-order valence-corrected chi connectivity index (χ4v) is 2.12. The van der Waals surface area contributed by atoms with Crippen LogP contribution in [-0.4, -0.2) is 43.1 Å². The minimum atomic E-state index is 0.514. The van der Waals surface area contributed by atoms with Crippen LogP contribution in [0.3, 0.4) is 0 Å². The molecule has 0 aliphatic carbocycles. The predicted octanol–water partition coefficient (Wildman–Crippen LogP) is 0.681. The van der Waals surface area contributed by atoms with Crippen molar-refractivity contribution < 1.29 is 0 Å². The summed E-state index contributed by atoms with van der Waals surface area (Å²) in [7, 11) is 4.29. The molecule has 0 radical (unpaired) electrons. The summed E-state index contributed by atoms with van der Waals surface area (Å²) in [5.74, 6) is 0. The quantitative estimate of drug-likeness (QED) is 0.813. The van der Waals surface area contributed by atoms with Crippen LogP contribution in [0.4, 0.5) is 5.69 Å². The van der Waals surface area contributed by atoms with Crippen LogP contribution in [0.2, 0.25) is 0 Å². The molecule has 0 saturated carbocycles. The molecule has 1 fully saturated rings. The smallest absolute Gasteiger partial charge is 0.0553 e. The zero-order valence-corrected chi connectivity index (χ0v) is 10.1. The summed E-state index contributed by atoms with van der Waals surface area (Å²) in [6.07, 6.45) is 3.16. The second-order valence-electron chi connectivity index (χ2n) is 4.56. The van der Waals surface area contributed by atoms with Crippen molar-refractivity contribution in [3.8, 4) is 0 Å². The van der Waals surface area contributed by atoms with Crippen molar-refractivity contribution in [2.24, 2.45) is 5.73 Å². The van der Waals surface area contributed by atoms with Gasteiger partial charge >= 0.3 is 0 Å². The van der Waals surface area contributed by atoms with Gasteiger partial charge in [0.15, 0.2) is 0 Å². The first kappa shape index (κ1) is 11.4. The van der Waals surface area contributed by atoms with Gasteiger partial charge in [-0.1, -0.05) is 0 Å². The first-order valence-corrected chi connectivity index (χ1v) is 5.77. The molecule has 1 unspecified atom stereocenters. The predicted molar refractivity (Wildman–Crippen MR) is 66.4 cm³/mol. The number of nitrogens with two attached hydrogens (primary N) is 1. The zero-order chi connectivity index (χ0) is 11.5. The Kier molecular flexibility index (Phi) is 3.41. The Bertz CT molecular complexity index is 333. The van der Waals surface area contributed by atoms with Gasteiger partial charge in [-0.15, -0.1) is 0 Å². The molecule has 1 atom stereocenters. The molecular weight excluding hydrogens is 200 g/mol. The lowest BCUT2D eigenvalue weighted by atomic mass is 10.2. The number of hydrogen-bond donors (Lipinski definition) is 1. The molecule has 1 aliphatic rings. The maximum absolute atomic E-state index is 5.53. The van der Waals surface area contributed by atoms with Gasteiger partial charge in [0.2, 0.25) is 0 Å². The van der Waals surface area contributed by atoms with E-state index in [-0.39, 0.29) is 0 Å². The van der Waals surface area contributed by atoms with E-state index in [9.17, 15) is 0 Å². The molecule has 0 amide bonds. The third-order valence-corrected chi connectivity index (χ3v) is 3.28. The zero-order valence-electron chi connectivity index (χ0n) is 10.1. The number of rotatable bonds is 3. The Morgan fingerprint density at radius 1 is 1.50 bits per heavy atom. The Morgan fingerprint density at radius 3 is 2.81 bits per heavy atom. The molecule has 16 heavy (non-hydrogen) atoms. The maximum atomic E-state index is 5.53. The third-order valence-electron chi connectivity index (χ3n) is 3.28. The van der Waals surface area contributed by atoms with Gasteiger partial charge in [-0.2, -0.15) is 0 Å². The lowest BCUT2D eigenvalue weighted by Crippen LogP contribution is -2.31. The van der Waals surface area contributed by atoms with E-state index >= 15 is 0 Å². The number of likely N-dealkylation sites (N-methyl/N-ethyl adjacent to an activating group) is 1. The summed E-state index contributed by atoms with van der Waals surface area (Å²) < 4.78 is 0. The SMILES string of the molecule is CN(C)C1CCN(c2ccc(CN)nc2)C1. The highest BCUT2D eigenvalue weighted by molar-refractivity contribution is 5.45. The summed E-state index contributed by atoms with van der Waals surface area (Å²) in [5, 5.41) is 0. The summed E-state index contributed by atoms with van der Waals surface area (Å²) in [6, 6.07) is 4.79. The van der Waals surface area contributed by atoms with Gasteiger partial charge in [-0.3, -0.25) is 4.98 Å². The molecule has 1 aromatic heterocycles. The normalized spacial score (nSPS) is 20.8. The summed E-state index contributed by atoms with van der Waals surface area (Å²) in [6.45, 7) is 2.73. The van der Waals surface area contributed by atoms with Crippen LogP contribution >= 0.6 is 0 Å². The highest BCUT2D eigenvalue weighted by Gasteiger charge is 2.23. The number of pyridine rings is 1. The fourth-order valence-electron chi connectivity index (χ4n) is 2.12. The van der Waals surface area contributed by atoms with Crippen molar-refractivity contribution in [2.45, 2.75) is 19.0 Å². The van der Waals surface area contributed by atoms with Gasteiger partial charge in [-0.25, -0.2) is 0 Å². The monoisotopic (exact) mass is 220 g/mol. The van der Waals surface area contributed by atoms with Crippen LogP contribution in [0.5, 0.6) is 0 Å². The van der Waals surface area contributed by atoms with Gasteiger partial charge in [-0.05, 0) is 32.6 Å². The molecule has 4 heteroatoms.